The number of hydrogen-bond donors (Lipinski definition) is 2. The van der Waals surface area contributed by atoms with E-state index >= 15 is 0 Å². The third-order valence-electron chi connectivity index (χ3n) is 4.10. The molecule has 122 valence electrons. The number of amides is 1. The molecule has 2 aromatic rings. The molecule has 0 heterocycles. The molecule has 0 radical (unpaired) electrons. The summed E-state index contributed by atoms with van der Waals surface area (Å²) in [6, 6.07) is 19.9. The Bertz CT molecular complexity index is 578. The third kappa shape index (κ3) is 4.67. The lowest BCUT2D eigenvalue weighted by Crippen LogP contribution is -2.49. The van der Waals surface area contributed by atoms with Gasteiger partial charge in [-0.2, -0.15) is 0 Å². The highest BCUT2D eigenvalue weighted by atomic mass is 16.2. The van der Waals surface area contributed by atoms with Crippen LogP contribution >= 0.6 is 0 Å². The molecule has 0 saturated carbocycles. The molecule has 3 N–H and O–H groups in total. The van der Waals surface area contributed by atoms with Gasteiger partial charge in [-0.15, -0.1) is 0 Å². The van der Waals surface area contributed by atoms with Crippen LogP contribution in [-0.4, -0.2) is 18.5 Å². The Morgan fingerprint density at radius 2 is 1.39 bits per heavy atom. The number of nitrogens with two attached hydrogens (primary N) is 1. The van der Waals surface area contributed by atoms with Crippen molar-refractivity contribution >= 4 is 5.91 Å². The van der Waals surface area contributed by atoms with E-state index in [4.69, 9.17) is 5.73 Å². The zero-order valence-electron chi connectivity index (χ0n) is 14.1. The third-order valence-corrected chi connectivity index (χ3v) is 4.10. The van der Waals surface area contributed by atoms with Gasteiger partial charge in [0, 0.05) is 12.5 Å². The molecule has 0 aliphatic rings. The Kier molecular flexibility index (Phi) is 5.56. The quantitative estimate of drug-likeness (QED) is 0.890. The lowest BCUT2D eigenvalue weighted by Gasteiger charge is -2.27. The van der Waals surface area contributed by atoms with Gasteiger partial charge in [0.1, 0.15) is 0 Å². The molecule has 0 bridgehead atoms. The van der Waals surface area contributed by atoms with E-state index in [1.807, 2.05) is 57.2 Å². The highest BCUT2D eigenvalue weighted by Gasteiger charge is 2.28. The van der Waals surface area contributed by atoms with Gasteiger partial charge in [0.2, 0.25) is 5.91 Å². The van der Waals surface area contributed by atoms with Crippen LogP contribution in [0.4, 0.5) is 0 Å². The summed E-state index contributed by atoms with van der Waals surface area (Å²) in [6.45, 7) is 6.46. The zero-order chi connectivity index (χ0) is 16.9. The smallest absolute Gasteiger partial charge is 0.237 e. The molecule has 0 saturated heterocycles. The average Bonchev–Trinajstić information content (AvgIpc) is 2.55. The van der Waals surface area contributed by atoms with Crippen molar-refractivity contribution in [2.45, 2.75) is 32.7 Å². The molecule has 1 amide bonds. The van der Waals surface area contributed by atoms with Gasteiger partial charge < -0.3 is 11.1 Å². The van der Waals surface area contributed by atoms with Gasteiger partial charge in [0.25, 0.3) is 0 Å². The Hall–Kier alpha value is -2.13. The van der Waals surface area contributed by atoms with Gasteiger partial charge in [0.15, 0.2) is 0 Å². The number of carbonyl (C=O) groups is 1. The predicted molar refractivity (Wildman–Crippen MR) is 95.2 cm³/mol. The lowest BCUT2D eigenvalue weighted by atomic mass is 9.86. The summed E-state index contributed by atoms with van der Waals surface area (Å²) in [5.74, 6) is 0.0166. The minimum absolute atomic E-state index is 0.102. The van der Waals surface area contributed by atoms with Gasteiger partial charge in [-0.3, -0.25) is 4.79 Å². The van der Waals surface area contributed by atoms with E-state index < -0.39 is 6.04 Å². The topological polar surface area (TPSA) is 55.1 Å². The normalized spacial score (nSPS) is 12.9. The van der Waals surface area contributed by atoms with Crippen LogP contribution in [0.1, 0.15) is 37.8 Å². The fourth-order valence-corrected chi connectivity index (χ4v) is 2.50. The summed E-state index contributed by atoms with van der Waals surface area (Å²) in [6.07, 6.45) is 0. The fraction of sp³-hybridized carbons (Fsp3) is 0.350. The summed E-state index contributed by atoms with van der Waals surface area (Å²) in [5, 5.41) is 3.02. The molecule has 1 atom stereocenters. The van der Waals surface area contributed by atoms with Crippen LogP contribution < -0.4 is 11.1 Å². The van der Waals surface area contributed by atoms with Crippen LogP contribution in [-0.2, 0) is 4.79 Å². The zero-order valence-corrected chi connectivity index (χ0v) is 14.1. The van der Waals surface area contributed by atoms with E-state index in [0.29, 0.717) is 6.54 Å². The molecule has 3 nitrogen and oxygen atoms in total. The maximum atomic E-state index is 12.3. The second-order valence-corrected chi connectivity index (χ2v) is 6.96. The minimum atomic E-state index is -0.519. The van der Waals surface area contributed by atoms with Crippen LogP contribution in [0, 0.1) is 5.41 Å². The number of hydrogen-bond acceptors (Lipinski definition) is 2. The van der Waals surface area contributed by atoms with Crippen LogP contribution in [0.25, 0.3) is 0 Å². The number of benzene rings is 2. The van der Waals surface area contributed by atoms with Crippen LogP contribution in [0.3, 0.4) is 0 Å². The van der Waals surface area contributed by atoms with Crippen molar-refractivity contribution in [1.82, 2.24) is 5.32 Å². The van der Waals surface area contributed by atoms with Crippen LogP contribution in [0.5, 0.6) is 0 Å². The Labute approximate surface area is 138 Å². The van der Waals surface area contributed by atoms with Crippen molar-refractivity contribution in [3.8, 4) is 0 Å². The van der Waals surface area contributed by atoms with Gasteiger partial charge in [-0.1, -0.05) is 81.4 Å². The minimum Gasteiger partial charge on any atom is -0.354 e. The Balaban J connectivity index is 2.15. The standard InChI is InChI=1S/C20H26N2O/c1-20(2,3)18(21)19(23)22-14-17(15-10-6-4-7-11-15)16-12-8-5-9-13-16/h4-13,17-18H,14,21H2,1-3H3,(H,22,23)/t18-/m1/s1. The first kappa shape index (κ1) is 17.2. The molecule has 0 aromatic heterocycles. The van der Waals surface area contributed by atoms with Crippen molar-refractivity contribution in [2.24, 2.45) is 11.1 Å². The molecule has 0 fully saturated rings. The van der Waals surface area contributed by atoms with Crippen molar-refractivity contribution in [1.29, 1.82) is 0 Å². The van der Waals surface area contributed by atoms with Gasteiger partial charge in [0.05, 0.1) is 6.04 Å². The van der Waals surface area contributed by atoms with Crippen LogP contribution in [0.15, 0.2) is 60.7 Å². The predicted octanol–water partition coefficient (Wildman–Crippen LogP) is 3.31. The summed E-state index contributed by atoms with van der Waals surface area (Å²) >= 11 is 0. The Morgan fingerprint density at radius 3 is 1.78 bits per heavy atom. The van der Waals surface area contributed by atoms with Crippen molar-refractivity contribution in [3.05, 3.63) is 71.8 Å². The van der Waals surface area contributed by atoms with Crippen molar-refractivity contribution in [2.75, 3.05) is 6.54 Å². The first-order valence-electron chi connectivity index (χ1n) is 8.03. The van der Waals surface area contributed by atoms with E-state index in [0.717, 1.165) is 0 Å². The Morgan fingerprint density at radius 1 is 0.957 bits per heavy atom. The summed E-state index contributed by atoms with van der Waals surface area (Å²) in [4.78, 5) is 12.3. The highest BCUT2D eigenvalue weighted by molar-refractivity contribution is 5.82. The summed E-state index contributed by atoms with van der Waals surface area (Å²) in [7, 11) is 0. The summed E-state index contributed by atoms with van der Waals surface area (Å²) in [5.41, 5.74) is 8.16. The van der Waals surface area contributed by atoms with E-state index in [1.54, 1.807) is 0 Å². The van der Waals surface area contributed by atoms with Gasteiger partial charge >= 0.3 is 0 Å². The number of carbonyl (C=O) groups excluding carboxylic acids is 1. The maximum absolute atomic E-state index is 12.3. The van der Waals surface area contributed by atoms with Gasteiger partial charge in [-0.25, -0.2) is 0 Å². The first-order chi connectivity index (χ1) is 10.9. The van der Waals surface area contributed by atoms with E-state index in [1.165, 1.54) is 11.1 Å². The van der Waals surface area contributed by atoms with E-state index in [9.17, 15) is 4.79 Å². The van der Waals surface area contributed by atoms with E-state index in [-0.39, 0.29) is 17.2 Å². The van der Waals surface area contributed by atoms with Crippen LogP contribution in [0.2, 0.25) is 0 Å². The largest absolute Gasteiger partial charge is 0.354 e. The molecule has 0 spiro atoms. The van der Waals surface area contributed by atoms with Crippen molar-refractivity contribution in [3.63, 3.8) is 0 Å². The number of nitrogens with one attached hydrogen (secondary N) is 1. The molecular formula is C20H26N2O. The molecule has 2 rings (SSSR count). The second-order valence-electron chi connectivity index (χ2n) is 6.96. The van der Waals surface area contributed by atoms with E-state index in [2.05, 4.69) is 29.6 Å². The monoisotopic (exact) mass is 310 g/mol. The molecule has 2 aromatic carbocycles. The molecule has 3 heteroatoms. The number of rotatable bonds is 5. The lowest BCUT2D eigenvalue weighted by molar-refractivity contribution is -0.124. The van der Waals surface area contributed by atoms with Crippen molar-refractivity contribution < 1.29 is 4.79 Å². The highest BCUT2D eigenvalue weighted by Crippen LogP contribution is 2.24. The van der Waals surface area contributed by atoms with Gasteiger partial charge in [-0.05, 0) is 16.5 Å². The molecule has 0 aliphatic carbocycles. The maximum Gasteiger partial charge on any atom is 0.237 e. The molecule has 0 unspecified atom stereocenters. The molecule has 23 heavy (non-hydrogen) atoms. The molecular weight excluding hydrogens is 284 g/mol. The second kappa shape index (κ2) is 7.42. The summed E-state index contributed by atoms with van der Waals surface area (Å²) < 4.78 is 0. The molecule has 0 aliphatic heterocycles. The first-order valence-corrected chi connectivity index (χ1v) is 8.03. The average molecular weight is 310 g/mol. The SMILES string of the molecule is CC(C)(C)[C@H](N)C(=O)NCC(c1ccccc1)c1ccccc1. The fourth-order valence-electron chi connectivity index (χ4n) is 2.50.